The van der Waals surface area contributed by atoms with Gasteiger partial charge in [0.05, 0.1) is 5.76 Å². The van der Waals surface area contributed by atoms with E-state index in [0.717, 1.165) is 0 Å². The highest BCUT2D eigenvalue weighted by molar-refractivity contribution is 4.84. The predicted octanol–water partition coefficient (Wildman–Crippen LogP) is 1.96. The molecule has 0 heterocycles. The summed E-state index contributed by atoms with van der Waals surface area (Å²) in [6.45, 7) is 6.69. The molecule has 0 aliphatic heterocycles. The molecule has 0 spiro atoms. The smallest absolute Gasteiger partial charge is 0.128 e. The maximum atomic E-state index is 8.50. The van der Waals surface area contributed by atoms with Gasteiger partial charge < -0.3 is 9.84 Å². The van der Waals surface area contributed by atoms with Crippen molar-refractivity contribution in [2.75, 3.05) is 0 Å². The number of aliphatic hydroxyl groups excluding tert-OH is 1. The van der Waals surface area contributed by atoms with Crippen LogP contribution in [0.3, 0.4) is 0 Å². The van der Waals surface area contributed by atoms with E-state index in [2.05, 4.69) is 6.58 Å². The Kier molecular flexibility index (Phi) is 2.77. The third-order valence-corrected chi connectivity index (χ3v) is 0.431. The van der Waals surface area contributed by atoms with Gasteiger partial charge in [0, 0.05) is 0 Å². The van der Waals surface area contributed by atoms with E-state index in [1.165, 1.54) is 13.2 Å². The summed E-state index contributed by atoms with van der Waals surface area (Å²) in [6, 6.07) is 0. The van der Waals surface area contributed by atoms with Crippen LogP contribution >= 0.6 is 0 Å². The first-order valence-corrected chi connectivity index (χ1v) is 2.31. The third-order valence-electron chi connectivity index (χ3n) is 0.431. The van der Waals surface area contributed by atoms with Gasteiger partial charge in [-0.2, -0.15) is 0 Å². The van der Waals surface area contributed by atoms with Crippen molar-refractivity contribution >= 4 is 0 Å². The summed E-state index contributed by atoms with van der Waals surface area (Å²) in [5, 5.41) is 8.50. The Balaban J connectivity index is 3.45. The molecule has 0 aromatic rings. The molecule has 0 atom stereocenters. The Bertz CT molecular complexity index is 110. The van der Waals surface area contributed by atoms with Crippen LogP contribution in [0.2, 0.25) is 0 Å². The van der Waals surface area contributed by atoms with Gasteiger partial charge in [0.1, 0.15) is 12.0 Å². The van der Waals surface area contributed by atoms with Gasteiger partial charge in [0.25, 0.3) is 0 Å². The number of ether oxygens (including phenoxy) is 1. The third kappa shape index (κ3) is 5.08. The van der Waals surface area contributed by atoms with Crippen LogP contribution in [0.15, 0.2) is 24.4 Å². The van der Waals surface area contributed by atoms with Crippen molar-refractivity contribution in [2.45, 2.75) is 13.8 Å². The Hall–Kier alpha value is -0.920. The van der Waals surface area contributed by atoms with E-state index >= 15 is 0 Å². The first-order chi connectivity index (χ1) is 3.63. The SMILES string of the molecule is C=C(C)OC=C(C)O. The fourth-order valence-corrected chi connectivity index (χ4v) is 0.186. The van der Waals surface area contributed by atoms with Crippen LogP contribution in [-0.2, 0) is 4.74 Å². The molecular formula is C6H10O2. The van der Waals surface area contributed by atoms with Crippen LogP contribution in [0.5, 0.6) is 0 Å². The molecular weight excluding hydrogens is 104 g/mol. The summed E-state index contributed by atoms with van der Waals surface area (Å²) in [7, 11) is 0. The minimum atomic E-state index is 0.146. The van der Waals surface area contributed by atoms with E-state index in [1.807, 2.05) is 0 Å². The number of aliphatic hydroxyl groups is 1. The molecule has 0 radical (unpaired) electrons. The fourth-order valence-electron chi connectivity index (χ4n) is 0.186. The van der Waals surface area contributed by atoms with E-state index in [-0.39, 0.29) is 5.76 Å². The zero-order chi connectivity index (χ0) is 6.57. The van der Waals surface area contributed by atoms with Gasteiger partial charge in [-0.25, -0.2) is 0 Å². The summed E-state index contributed by atoms with van der Waals surface area (Å²) < 4.78 is 4.70. The van der Waals surface area contributed by atoms with Crippen LogP contribution in [0, 0.1) is 0 Å². The second kappa shape index (κ2) is 3.13. The van der Waals surface area contributed by atoms with Crippen LogP contribution in [0.1, 0.15) is 13.8 Å². The van der Waals surface area contributed by atoms with Crippen molar-refractivity contribution in [3.05, 3.63) is 24.4 Å². The molecule has 0 aliphatic carbocycles. The van der Waals surface area contributed by atoms with E-state index in [4.69, 9.17) is 9.84 Å². The Morgan fingerprint density at radius 1 is 1.62 bits per heavy atom. The molecule has 0 saturated carbocycles. The second-order valence-electron chi connectivity index (χ2n) is 1.58. The van der Waals surface area contributed by atoms with Gasteiger partial charge in [-0.3, -0.25) is 0 Å². The molecule has 0 aromatic heterocycles. The van der Waals surface area contributed by atoms with E-state index < -0.39 is 0 Å². The number of allylic oxidation sites excluding steroid dienone is 2. The molecule has 0 saturated heterocycles. The predicted molar refractivity (Wildman–Crippen MR) is 32.3 cm³/mol. The largest absolute Gasteiger partial charge is 0.509 e. The molecule has 0 amide bonds. The standard InChI is InChI=1S/C6H10O2/c1-5(2)8-4-6(3)7/h4,7H,1H2,2-3H3. The molecule has 0 aromatic carbocycles. The lowest BCUT2D eigenvalue weighted by Crippen LogP contribution is -1.76. The van der Waals surface area contributed by atoms with Gasteiger partial charge in [-0.1, -0.05) is 6.58 Å². The van der Waals surface area contributed by atoms with Crippen molar-refractivity contribution in [1.82, 2.24) is 0 Å². The fraction of sp³-hybridized carbons (Fsp3) is 0.333. The summed E-state index contributed by atoms with van der Waals surface area (Å²) in [5.74, 6) is 0.714. The zero-order valence-electron chi connectivity index (χ0n) is 5.14. The van der Waals surface area contributed by atoms with Crippen molar-refractivity contribution in [3.63, 3.8) is 0 Å². The molecule has 8 heavy (non-hydrogen) atoms. The van der Waals surface area contributed by atoms with Crippen LogP contribution in [-0.4, -0.2) is 5.11 Å². The molecule has 46 valence electrons. The highest BCUT2D eigenvalue weighted by Gasteiger charge is 1.79. The van der Waals surface area contributed by atoms with Crippen LogP contribution in [0.4, 0.5) is 0 Å². The zero-order valence-corrected chi connectivity index (χ0v) is 5.14. The first-order valence-electron chi connectivity index (χ1n) is 2.31. The summed E-state index contributed by atoms with van der Waals surface area (Å²) in [6.07, 6.45) is 1.24. The van der Waals surface area contributed by atoms with Crippen molar-refractivity contribution in [2.24, 2.45) is 0 Å². The Morgan fingerprint density at radius 3 is 2.25 bits per heavy atom. The van der Waals surface area contributed by atoms with Gasteiger partial charge in [0.15, 0.2) is 0 Å². The topological polar surface area (TPSA) is 29.5 Å². The lowest BCUT2D eigenvalue weighted by molar-refractivity contribution is 0.311. The molecule has 0 rings (SSSR count). The van der Waals surface area contributed by atoms with Gasteiger partial charge in [-0.15, -0.1) is 0 Å². The van der Waals surface area contributed by atoms with E-state index in [9.17, 15) is 0 Å². The molecule has 2 heteroatoms. The molecule has 0 fully saturated rings. The summed E-state index contributed by atoms with van der Waals surface area (Å²) in [4.78, 5) is 0. The quantitative estimate of drug-likeness (QED) is 0.556. The molecule has 2 nitrogen and oxygen atoms in total. The minimum absolute atomic E-state index is 0.146. The lowest BCUT2D eigenvalue weighted by Gasteiger charge is -1.94. The number of hydrogen-bond donors (Lipinski definition) is 1. The highest BCUT2D eigenvalue weighted by Crippen LogP contribution is 1.93. The molecule has 1 N–H and O–H groups in total. The van der Waals surface area contributed by atoms with E-state index in [1.54, 1.807) is 6.92 Å². The number of hydrogen-bond acceptors (Lipinski definition) is 2. The van der Waals surface area contributed by atoms with Gasteiger partial charge >= 0.3 is 0 Å². The average molecular weight is 114 g/mol. The van der Waals surface area contributed by atoms with Crippen LogP contribution < -0.4 is 0 Å². The molecule has 0 aliphatic rings. The van der Waals surface area contributed by atoms with Gasteiger partial charge in [0.2, 0.25) is 0 Å². The molecule has 0 unspecified atom stereocenters. The van der Waals surface area contributed by atoms with Crippen LogP contribution in [0.25, 0.3) is 0 Å². The van der Waals surface area contributed by atoms with E-state index in [0.29, 0.717) is 5.76 Å². The molecule has 0 bridgehead atoms. The second-order valence-corrected chi connectivity index (χ2v) is 1.58. The Labute approximate surface area is 49.1 Å². The maximum absolute atomic E-state index is 8.50. The van der Waals surface area contributed by atoms with Crippen molar-refractivity contribution in [3.8, 4) is 0 Å². The van der Waals surface area contributed by atoms with Gasteiger partial charge in [-0.05, 0) is 13.8 Å². The summed E-state index contributed by atoms with van der Waals surface area (Å²) >= 11 is 0. The van der Waals surface area contributed by atoms with Crippen molar-refractivity contribution < 1.29 is 9.84 Å². The minimum Gasteiger partial charge on any atom is -0.509 e. The lowest BCUT2D eigenvalue weighted by atomic mass is 10.6. The number of rotatable bonds is 2. The highest BCUT2D eigenvalue weighted by atomic mass is 16.5. The monoisotopic (exact) mass is 114 g/mol. The maximum Gasteiger partial charge on any atom is 0.128 e. The van der Waals surface area contributed by atoms with Crippen molar-refractivity contribution in [1.29, 1.82) is 0 Å². The summed E-state index contributed by atoms with van der Waals surface area (Å²) in [5.41, 5.74) is 0. The Morgan fingerprint density at radius 2 is 2.12 bits per heavy atom. The normalized spacial score (nSPS) is 11.0. The average Bonchev–Trinajstić information content (AvgIpc) is 1.61. The first kappa shape index (κ1) is 7.08.